The van der Waals surface area contributed by atoms with Gasteiger partial charge in [-0.1, -0.05) is 29.8 Å². The van der Waals surface area contributed by atoms with E-state index in [1.807, 2.05) is 68.6 Å². The van der Waals surface area contributed by atoms with Crippen molar-refractivity contribution in [2.24, 2.45) is 0 Å². The fourth-order valence-electron chi connectivity index (χ4n) is 3.55. The van der Waals surface area contributed by atoms with Gasteiger partial charge < -0.3 is 29.2 Å². The van der Waals surface area contributed by atoms with Crippen molar-refractivity contribution < 1.29 is 33.4 Å². The van der Waals surface area contributed by atoms with Crippen LogP contribution in [0.1, 0.15) is 44.7 Å². The third-order valence-electron chi connectivity index (χ3n) is 5.30. The molecule has 0 bridgehead atoms. The fourth-order valence-corrected chi connectivity index (χ4v) is 3.55. The molecule has 1 aromatic heterocycles. The van der Waals surface area contributed by atoms with Gasteiger partial charge in [-0.25, -0.2) is 0 Å². The maximum Gasteiger partial charge on any atom is 0.293 e. The molecule has 0 unspecified atom stereocenters. The zero-order valence-electron chi connectivity index (χ0n) is 22.0. The summed E-state index contributed by atoms with van der Waals surface area (Å²) in [6.07, 6.45) is 6.64. The highest BCUT2D eigenvalue weighted by molar-refractivity contribution is 5.74. The van der Waals surface area contributed by atoms with Gasteiger partial charge in [-0.3, -0.25) is 9.59 Å². The Morgan fingerprint density at radius 1 is 1.03 bits per heavy atom. The number of anilines is 1. The quantitative estimate of drug-likeness (QED) is 0.367. The molecule has 2 aromatic carbocycles. The Bertz CT molecular complexity index is 986. The second-order valence-electron chi connectivity index (χ2n) is 7.80. The number of aryl methyl sites for hydroxylation is 1. The monoisotopic (exact) mass is 514 g/mol. The molecule has 1 aliphatic rings. The molecule has 1 heterocycles. The van der Waals surface area contributed by atoms with E-state index in [1.54, 1.807) is 14.0 Å². The summed E-state index contributed by atoms with van der Waals surface area (Å²) in [5, 5.41) is 14.0. The number of nitrogens with zero attached hydrogens (tertiary/aromatic N) is 1. The molecule has 4 rings (SSSR count). The second-order valence-corrected chi connectivity index (χ2v) is 7.80. The number of benzene rings is 2. The highest BCUT2D eigenvalue weighted by Crippen LogP contribution is 2.32. The van der Waals surface area contributed by atoms with Gasteiger partial charge in [0, 0.05) is 12.6 Å². The Labute approximate surface area is 218 Å². The molecule has 2 N–H and O–H groups in total. The van der Waals surface area contributed by atoms with Gasteiger partial charge in [-0.2, -0.15) is 0 Å². The predicted molar refractivity (Wildman–Crippen MR) is 143 cm³/mol. The van der Waals surface area contributed by atoms with Crippen LogP contribution in [-0.2, 0) is 14.3 Å². The maximum atomic E-state index is 9.18. The van der Waals surface area contributed by atoms with Crippen LogP contribution in [0.5, 0.6) is 11.5 Å². The molecule has 1 aliphatic carbocycles. The molecule has 0 spiro atoms. The minimum atomic E-state index is -0.250. The van der Waals surface area contributed by atoms with Crippen molar-refractivity contribution in [2.75, 3.05) is 26.1 Å². The average molecular weight is 515 g/mol. The summed E-state index contributed by atoms with van der Waals surface area (Å²) in [5.41, 5.74) is 2.82. The summed E-state index contributed by atoms with van der Waals surface area (Å²) in [7, 11) is 3.54. The Balaban J connectivity index is 0.000000351. The molecule has 0 aliphatic heterocycles. The van der Waals surface area contributed by atoms with E-state index < -0.39 is 0 Å². The SMILES string of the molecule is CCOC=O.CNc1c(C)noc1-c1ccc(OC2CCCCC2)cc1.COc1ccccc1.O=CO. The summed E-state index contributed by atoms with van der Waals surface area (Å²) >= 11 is 0. The number of nitrogens with one attached hydrogen (secondary N) is 1. The molecule has 0 radical (unpaired) electrons. The third kappa shape index (κ3) is 12.0. The normalized spacial score (nSPS) is 12.1. The van der Waals surface area contributed by atoms with E-state index in [2.05, 4.69) is 15.2 Å². The van der Waals surface area contributed by atoms with Crippen molar-refractivity contribution in [3.63, 3.8) is 0 Å². The van der Waals surface area contributed by atoms with Gasteiger partial charge >= 0.3 is 0 Å². The van der Waals surface area contributed by atoms with Crippen molar-refractivity contribution in [1.82, 2.24) is 5.16 Å². The first-order chi connectivity index (χ1) is 18.0. The minimum absolute atomic E-state index is 0.250. The lowest BCUT2D eigenvalue weighted by Gasteiger charge is -2.23. The predicted octanol–water partition coefficient (Wildman–Crippen LogP) is 5.98. The van der Waals surface area contributed by atoms with Crippen LogP contribution >= 0.6 is 0 Å². The molecular weight excluding hydrogens is 476 g/mol. The smallest absolute Gasteiger partial charge is 0.293 e. The molecule has 3 aromatic rings. The summed E-state index contributed by atoms with van der Waals surface area (Å²) < 4.78 is 20.5. The largest absolute Gasteiger partial charge is 0.497 e. The van der Waals surface area contributed by atoms with Gasteiger partial charge in [0.15, 0.2) is 5.76 Å². The third-order valence-corrected chi connectivity index (χ3v) is 5.30. The first-order valence-corrected chi connectivity index (χ1v) is 12.2. The standard InChI is InChI=1S/C17H22N2O2.C7H8O.C3H6O2.CH2O2/c1-12-16(18-2)17(21-19-12)13-8-10-15(11-9-13)20-14-6-4-3-5-7-14;1-8-7-5-3-2-4-6-7;1-2-5-3-4;2-1-3/h8-11,14,18H,3-7H2,1-2H3;2-6H,1H3;3H,2H2,1H3;1H,(H,2,3). The molecule has 9 nitrogen and oxygen atoms in total. The number of rotatable bonds is 7. The van der Waals surface area contributed by atoms with E-state index in [4.69, 9.17) is 23.9 Å². The summed E-state index contributed by atoms with van der Waals surface area (Å²) in [6.45, 7) is 4.34. The number of methoxy groups -OCH3 is 1. The zero-order chi connectivity index (χ0) is 27.3. The number of ether oxygens (including phenoxy) is 3. The van der Waals surface area contributed by atoms with Crippen LogP contribution in [0.3, 0.4) is 0 Å². The molecule has 0 atom stereocenters. The first kappa shape index (κ1) is 31.0. The zero-order valence-corrected chi connectivity index (χ0v) is 22.0. The van der Waals surface area contributed by atoms with Crippen molar-refractivity contribution >= 4 is 18.6 Å². The number of aromatic nitrogens is 1. The Hall–Kier alpha value is -4.01. The van der Waals surface area contributed by atoms with Crippen LogP contribution in [0.4, 0.5) is 5.69 Å². The van der Waals surface area contributed by atoms with Crippen LogP contribution in [0.15, 0.2) is 59.1 Å². The molecule has 9 heteroatoms. The highest BCUT2D eigenvalue weighted by Gasteiger charge is 2.16. The van der Waals surface area contributed by atoms with Gasteiger partial charge in [-0.05, 0) is 75.9 Å². The Kier molecular flexibility index (Phi) is 16.1. The van der Waals surface area contributed by atoms with Crippen molar-refractivity contribution in [3.8, 4) is 22.8 Å². The lowest BCUT2D eigenvalue weighted by molar-refractivity contribution is -0.128. The summed E-state index contributed by atoms with van der Waals surface area (Å²) in [5.74, 6) is 2.62. The van der Waals surface area contributed by atoms with E-state index >= 15 is 0 Å². The van der Waals surface area contributed by atoms with E-state index in [-0.39, 0.29) is 6.47 Å². The highest BCUT2D eigenvalue weighted by atomic mass is 16.5. The minimum Gasteiger partial charge on any atom is -0.497 e. The lowest BCUT2D eigenvalue weighted by Crippen LogP contribution is -2.19. The second kappa shape index (κ2) is 19.2. The maximum absolute atomic E-state index is 9.18. The van der Waals surface area contributed by atoms with Gasteiger partial charge in [0.2, 0.25) is 0 Å². The van der Waals surface area contributed by atoms with E-state index in [0.717, 1.165) is 34.2 Å². The molecule has 0 amide bonds. The Morgan fingerprint density at radius 3 is 2.11 bits per heavy atom. The molecule has 0 saturated heterocycles. The fraction of sp³-hybridized carbons (Fsp3) is 0.393. The van der Waals surface area contributed by atoms with Crippen LogP contribution in [0.25, 0.3) is 11.3 Å². The van der Waals surface area contributed by atoms with Crippen molar-refractivity contribution in [1.29, 1.82) is 0 Å². The Morgan fingerprint density at radius 2 is 1.65 bits per heavy atom. The number of hydrogen-bond donors (Lipinski definition) is 2. The van der Waals surface area contributed by atoms with E-state index in [1.165, 1.54) is 32.1 Å². The van der Waals surface area contributed by atoms with Crippen LogP contribution in [0.2, 0.25) is 0 Å². The van der Waals surface area contributed by atoms with Gasteiger partial charge in [-0.15, -0.1) is 0 Å². The summed E-state index contributed by atoms with van der Waals surface area (Å²) in [6, 6.07) is 17.8. The molecule has 1 saturated carbocycles. The molecule has 202 valence electrons. The van der Waals surface area contributed by atoms with Gasteiger partial charge in [0.05, 0.1) is 19.8 Å². The van der Waals surface area contributed by atoms with Crippen LogP contribution < -0.4 is 14.8 Å². The first-order valence-electron chi connectivity index (χ1n) is 12.2. The lowest BCUT2D eigenvalue weighted by atomic mass is 9.98. The molecule has 37 heavy (non-hydrogen) atoms. The molecular formula is C28H38N2O7. The number of carbonyl (C=O) groups is 2. The van der Waals surface area contributed by atoms with Gasteiger partial charge in [0.1, 0.15) is 22.9 Å². The number of hydrogen-bond acceptors (Lipinski definition) is 8. The number of carbonyl (C=O) groups excluding carboxylic acids is 1. The average Bonchev–Trinajstić information content (AvgIpc) is 3.32. The number of para-hydroxylation sites is 1. The molecule has 1 fully saturated rings. The van der Waals surface area contributed by atoms with Crippen LogP contribution in [-0.4, -0.2) is 50.1 Å². The van der Waals surface area contributed by atoms with Crippen LogP contribution in [0, 0.1) is 6.92 Å². The topological polar surface area (TPSA) is 120 Å². The van der Waals surface area contributed by atoms with Crippen molar-refractivity contribution in [3.05, 3.63) is 60.3 Å². The van der Waals surface area contributed by atoms with Gasteiger partial charge in [0.25, 0.3) is 12.9 Å². The van der Waals surface area contributed by atoms with Crippen molar-refractivity contribution in [2.45, 2.75) is 52.1 Å². The summed E-state index contributed by atoms with van der Waals surface area (Å²) in [4.78, 5) is 17.5. The van der Waals surface area contributed by atoms with E-state index in [9.17, 15) is 4.79 Å². The van der Waals surface area contributed by atoms with E-state index in [0.29, 0.717) is 19.2 Å². The number of carboxylic acid groups (broad SMARTS) is 1.